The van der Waals surface area contributed by atoms with Crippen molar-refractivity contribution in [2.75, 3.05) is 6.61 Å². The Morgan fingerprint density at radius 2 is 0.810 bits per heavy atom. The lowest BCUT2D eigenvalue weighted by Gasteiger charge is -2.26. The van der Waals surface area contributed by atoms with Crippen molar-refractivity contribution in [2.24, 2.45) is 0 Å². The van der Waals surface area contributed by atoms with Gasteiger partial charge >= 0.3 is 0 Å². The van der Waals surface area contributed by atoms with Crippen molar-refractivity contribution >= 4 is 5.91 Å². The molecule has 0 aromatic carbocycles. The van der Waals surface area contributed by atoms with E-state index >= 15 is 0 Å². The summed E-state index contributed by atoms with van der Waals surface area (Å²) < 4.78 is 0. The van der Waals surface area contributed by atoms with Gasteiger partial charge in [0.15, 0.2) is 0 Å². The van der Waals surface area contributed by atoms with E-state index in [-0.39, 0.29) is 12.5 Å². The zero-order chi connectivity index (χ0) is 30.9. The Balaban J connectivity index is 3.64. The second-order valence-corrected chi connectivity index (χ2v) is 13.1. The Morgan fingerprint density at radius 3 is 1.14 bits per heavy atom. The average Bonchev–Trinajstić information content (AvgIpc) is 2.99. The molecule has 0 unspecified atom stereocenters. The van der Waals surface area contributed by atoms with Gasteiger partial charge in [-0.1, -0.05) is 187 Å². The topological polar surface area (TPSA) is 89.8 Å². The SMILES string of the molecule is CCCCCCCCCCCCCCCCCCC(=O)N[C@@H](CO)[C@H](O)[C@H](O)CCCCCCCCCCCCCC. The zero-order valence-corrected chi connectivity index (χ0v) is 28.4. The van der Waals surface area contributed by atoms with E-state index in [1.807, 2.05) is 0 Å². The molecule has 0 spiro atoms. The molecule has 0 aliphatic heterocycles. The molecule has 0 aromatic rings. The van der Waals surface area contributed by atoms with E-state index in [0.717, 1.165) is 38.5 Å². The Morgan fingerprint density at radius 1 is 0.500 bits per heavy atom. The van der Waals surface area contributed by atoms with Crippen molar-refractivity contribution in [1.82, 2.24) is 5.32 Å². The Kier molecular flexibility index (Phi) is 32.7. The van der Waals surface area contributed by atoms with Crippen molar-refractivity contribution in [3.63, 3.8) is 0 Å². The third-order valence-electron chi connectivity index (χ3n) is 8.96. The molecule has 0 rings (SSSR count). The molecule has 0 aliphatic rings. The van der Waals surface area contributed by atoms with Gasteiger partial charge in [0.1, 0.15) is 6.10 Å². The lowest BCUT2D eigenvalue weighted by atomic mass is 9.99. The summed E-state index contributed by atoms with van der Waals surface area (Å²) in [6.45, 7) is 4.17. The van der Waals surface area contributed by atoms with Gasteiger partial charge in [-0.3, -0.25) is 4.79 Å². The number of hydrogen-bond acceptors (Lipinski definition) is 4. The number of aliphatic hydroxyl groups excluding tert-OH is 3. The van der Waals surface area contributed by atoms with Crippen LogP contribution in [0.1, 0.15) is 206 Å². The maximum atomic E-state index is 12.3. The van der Waals surface area contributed by atoms with Crippen LogP contribution in [0.3, 0.4) is 0 Å². The van der Waals surface area contributed by atoms with Crippen molar-refractivity contribution in [3.8, 4) is 0 Å². The summed E-state index contributed by atoms with van der Waals surface area (Å²) in [6, 6.07) is -0.800. The fourth-order valence-corrected chi connectivity index (χ4v) is 5.99. The minimum atomic E-state index is -1.13. The molecule has 0 saturated heterocycles. The smallest absolute Gasteiger partial charge is 0.220 e. The maximum Gasteiger partial charge on any atom is 0.220 e. The van der Waals surface area contributed by atoms with Crippen LogP contribution >= 0.6 is 0 Å². The molecule has 1 amide bonds. The van der Waals surface area contributed by atoms with E-state index in [2.05, 4.69) is 19.2 Å². The molecule has 0 heterocycles. The molecular formula is C37H75NO4. The van der Waals surface area contributed by atoms with Gasteiger partial charge < -0.3 is 20.6 Å². The summed E-state index contributed by atoms with van der Waals surface area (Å²) >= 11 is 0. The van der Waals surface area contributed by atoms with Crippen molar-refractivity contribution in [2.45, 2.75) is 225 Å². The highest BCUT2D eigenvalue weighted by atomic mass is 16.3. The number of carbonyl (C=O) groups is 1. The first-order chi connectivity index (χ1) is 20.6. The quantitative estimate of drug-likeness (QED) is 0.0556. The fourth-order valence-electron chi connectivity index (χ4n) is 5.99. The van der Waals surface area contributed by atoms with Crippen LogP contribution in [-0.4, -0.2) is 46.1 Å². The first kappa shape index (κ1) is 41.4. The number of aliphatic hydroxyl groups is 3. The summed E-state index contributed by atoms with van der Waals surface area (Å²) in [7, 11) is 0. The van der Waals surface area contributed by atoms with Crippen molar-refractivity contribution in [1.29, 1.82) is 0 Å². The summed E-state index contributed by atoms with van der Waals surface area (Å²) in [4.78, 5) is 12.3. The van der Waals surface area contributed by atoms with Crippen LogP contribution in [0.25, 0.3) is 0 Å². The first-order valence-corrected chi connectivity index (χ1v) is 18.8. The predicted octanol–water partition coefficient (Wildman–Crippen LogP) is 9.93. The number of nitrogens with one attached hydrogen (secondary N) is 1. The molecule has 0 radical (unpaired) electrons. The van der Waals surface area contributed by atoms with Crippen LogP contribution in [-0.2, 0) is 4.79 Å². The van der Waals surface area contributed by atoms with E-state index in [0.29, 0.717) is 12.8 Å². The van der Waals surface area contributed by atoms with Gasteiger partial charge in [-0.2, -0.15) is 0 Å². The minimum Gasteiger partial charge on any atom is -0.394 e. The number of carbonyl (C=O) groups excluding carboxylic acids is 1. The molecule has 42 heavy (non-hydrogen) atoms. The van der Waals surface area contributed by atoms with E-state index in [4.69, 9.17) is 0 Å². The molecule has 0 aliphatic carbocycles. The molecule has 0 saturated carbocycles. The van der Waals surface area contributed by atoms with E-state index in [1.165, 1.54) is 141 Å². The van der Waals surface area contributed by atoms with Gasteiger partial charge in [0.2, 0.25) is 5.91 Å². The molecule has 252 valence electrons. The second-order valence-electron chi connectivity index (χ2n) is 13.1. The monoisotopic (exact) mass is 598 g/mol. The molecule has 0 bridgehead atoms. The Bertz CT molecular complexity index is 544. The highest BCUT2D eigenvalue weighted by Crippen LogP contribution is 2.16. The lowest BCUT2D eigenvalue weighted by Crippen LogP contribution is -2.50. The van der Waals surface area contributed by atoms with E-state index in [1.54, 1.807) is 0 Å². The molecule has 5 nitrogen and oxygen atoms in total. The summed E-state index contributed by atoms with van der Waals surface area (Å²) in [5.41, 5.74) is 0. The number of rotatable bonds is 34. The van der Waals surface area contributed by atoms with Gasteiger partial charge in [-0.05, 0) is 12.8 Å². The lowest BCUT2D eigenvalue weighted by molar-refractivity contribution is -0.124. The fraction of sp³-hybridized carbons (Fsp3) is 0.973. The molecule has 5 heteroatoms. The number of amides is 1. The van der Waals surface area contributed by atoms with Gasteiger partial charge in [0, 0.05) is 6.42 Å². The predicted molar refractivity (Wildman–Crippen MR) is 181 cm³/mol. The Labute approximate surface area is 262 Å². The van der Waals surface area contributed by atoms with Crippen LogP contribution in [0.2, 0.25) is 0 Å². The molecule has 0 fully saturated rings. The minimum absolute atomic E-state index is 0.143. The van der Waals surface area contributed by atoms with E-state index < -0.39 is 18.2 Å². The van der Waals surface area contributed by atoms with Crippen LogP contribution in [0.15, 0.2) is 0 Å². The van der Waals surface area contributed by atoms with Gasteiger partial charge in [0.25, 0.3) is 0 Å². The number of hydrogen-bond donors (Lipinski definition) is 4. The van der Waals surface area contributed by atoms with Gasteiger partial charge in [0.05, 0.1) is 18.8 Å². The highest BCUT2D eigenvalue weighted by Gasteiger charge is 2.26. The second kappa shape index (κ2) is 33.2. The third kappa shape index (κ3) is 28.1. The molecule has 3 atom stereocenters. The standard InChI is InChI=1S/C37H75NO4/c1-3-5-7-9-11-13-15-17-18-19-20-22-24-26-28-30-32-36(41)38-34(33-39)37(42)35(40)31-29-27-25-23-21-16-14-12-10-8-6-4-2/h34-35,37,39-40,42H,3-33H2,1-2H3,(H,38,41)/t34-,35+,37-/m0/s1. The summed E-state index contributed by atoms with van der Waals surface area (Å²) in [6.07, 6.45) is 34.8. The highest BCUT2D eigenvalue weighted by molar-refractivity contribution is 5.76. The third-order valence-corrected chi connectivity index (χ3v) is 8.96. The van der Waals surface area contributed by atoms with E-state index in [9.17, 15) is 20.1 Å². The zero-order valence-electron chi connectivity index (χ0n) is 28.4. The van der Waals surface area contributed by atoms with Crippen LogP contribution in [0.4, 0.5) is 0 Å². The van der Waals surface area contributed by atoms with Crippen molar-refractivity contribution < 1.29 is 20.1 Å². The maximum absolute atomic E-state index is 12.3. The number of unbranched alkanes of at least 4 members (excludes halogenated alkanes) is 26. The largest absolute Gasteiger partial charge is 0.394 e. The summed E-state index contributed by atoms with van der Waals surface area (Å²) in [5.74, 6) is -0.143. The van der Waals surface area contributed by atoms with Gasteiger partial charge in [-0.15, -0.1) is 0 Å². The van der Waals surface area contributed by atoms with Crippen LogP contribution < -0.4 is 5.32 Å². The summed E-state index contributed by atoms with van der Waals surface area (Å²) in [5, 5.41) is 33.3. The van der Waals surface area contributed by atoms with Gasteiger partial charge in [-0.25, -0.2) is 0 Å². The normalized spacial score (nSPS) is 13.7. The first-order valence-electron chi connectivity index (χ1n) is 18.8. The van der Waals surface area contributed by atoms with Crippen molar-refractivity contribution in [3.05, 3.63) is 0 Å². The average molecular weight is 598 g/mol. The molecular weight excluding hydrogens is 522 g/mol. The Hall–Kier alpha value is -0.650. The van der Waals surface area contributed by atoms with Crippen LogP contribution in [0.5, 0.6) is 0 Å². The molecule has 4 N–H and O–H groups in total. The van der Waals surface area contributed by atoms with Crippen LogP contribution in [0, 0.1) is 0 Å². The molecule has 0 aromatic heterocycles.